The minimum atomic E-state index is 0.588. The van der Waals surface area contributed by atoms with Gasteiger partial charge < -0.3 is 20.3 Å². The molecule has 1 aliphatic heterocycles. The van der Waals surface area contributed by atoms with Crippen LogP contribution in [0.3, 0.4) is 0 Å². The Kier molecular flexibility index (Phi) is 5.99. The van der Waals surface area contributed by atoms with Crippen molar-refractivity contribution in [1.29, 1.82) is 0 Å². The maximum Gasteiger partial charge on any atom is 0.229 e. The predicted octanol–water partition coefficient (Wildman–Crippen LogP) is 3.71. The summed E-state index contributed by atoms with van der Waals surface area (Å²) >= 11 is 0. The highest BCUT2D eigenvalue weighted by Gasteiger charge is 2.15. The van der Waals surface area contributed by atoms with Gasteiger partial charge in [-0.1, -0.05) is 42.5 Å². The van der Waals surface area contributed by atoms with Crippen LogP contribution in [0.15, 0.2) is 66.9 Å². The molecule has 1 aliphatic rings. The molecule has 1 fully saturated rings. The lowest BCUT2D eigenvalue weighted by Crippen LogP contribution is -2.36. The summed E-state index contributed by atoms with van der Waals surface area (Å²) in [6, 6.07) is 20.6. The normalized spacial score (nSPS) is 13.9. The van der Waals surface area contributed by atoms with Gasteiger partial charge in [-0.2, -0.15) is 4.98 Å². The number of rotatable bonds is 7. The van der Waals surface area contributed by atoms with Gasteiger partial charge >= 0.3 is 0 Å². The number of hydrogen-bond acceptors (Lipinski definition) is 6. The van der Waals surface area contributed by atoms with Crippen molar-refractivity contribution in [3.63, 3.8) is 0 Å². The number of nitrogens with zero attached hydrogens (tertiary/aromatic N) is 3. The zero-order valence-corrected chi connectivity index (χ0v) is 15.8. The highest BCUT2D eigenvalue weighted by molar-refractivity contribution is 5.73. The summed E-state index contributed by atoms with van der Waals surface area (Å²) in [6.07, 6.45) is 2.73. The maximum atomic E-state index is 5.47. The Morgan fingerprint density at radius 3 is 2.57 bits per heavy atom. The monoisotopic (exact) mass is 375 g/mol. The SMILES string of the molecule is c1ccc(CCNc2ccnc(Nc3ccccc3N3CCOCC3)n2)cc1. The van der Waals surface area contributed by atoms with Crippen LogP contribution in [0.2, 0.25) is 0 Å². The van der Waals surface area contributed by atoms with Gasteiger partial charge in [0, 0.05) is 25.8 Å². The van der Waals surface area contributed by atoms with E-state index in [0.29, 0.717) is 5.95 Å². The molecule has 0 unspecified atom stereocenters. The van der Waals surface area contributed by atoms with E-state index < -0.39 is 0 Å². The van der Waals surface area contributed by atoms with E-state index in [2.05, 4.69) is 68.0 Å². The Morgan fingerprint density at radius 1 is 0.929 bits per heavy atom. The van der Waals surface area contributed by atoms with Crippen LogP contribution in [0.5, 0.6) is 0 Å². The van der Waals surface area contributed by atoms with Crippen LogP contribution < -0.4 is 15.5 Å². The van der Waals surface area contributed by atoms with Crippen molar-refractivity contribution in [3.8, 4) is 0 Å². The van der Waals surface area contributed by atoms with Crippen molar-refractivity contribution in [2.24, 2.45) is 0 Å². The summed E-state index contributed by atoms with van der Waals surface area (Å²) in [4.78, 5) is 11.3. The predicted molar refractivity (Wildman–Crippen MR) is 113 cm³/mol. The minimum Gasteiger partial charge on any atom is -0.378 e. The Bertz CT molecular complexity index is 881. The fourth-order valence-corrected chi connectivity index (χ4v) is 3.28. The first-order chi connectivity index (χ1) is 13.9. The number of morpholine rings is 1. The summed E-state index contributed by atoms with van der Waals surface area (Å²) in [7, 11) is 0. The third-order valence-electron chi connectivity index (χ3n) is 4.72. The molecule has 1 aromatic heterocycles. The molecular formula is C22H25N5O. The van der Waals surface area contributed by atoms with Gasteiger partial charge in [-0.15, -0.1) is 0 Å². The molecule has 6 heteroatoms. The van der Waals surface area contributed by atoms with Gasteiger partial charge in [-0.25, -0.2) is 4.98 Å². The van der Waals surface area contributed by atoms with Crippen LogP contribution in [0.25, 0.3) is 0 Å². The van der Waals surface area contributed by atoms with Gasteiger partial charge in [0.05, 0.1) is 24.6 Å². The van der Waals surface area contributed by atoms with E-state index in [4.69, 9.17) is 4.74 Å². The molecule has 0 radical (unpaired) electrons. The minimum absolute atomic E-state index is 0.588. The van der Waals surface area contributed by atoms with Crippen molar-refractivity contribution in [1.82, 2.24) is 9.97 Å². The van der Waals surface area contributed by atoms with Gasteiger partial charge in [0.1, 0.15) is 5.82 Å². The molecule has 1 saturated heterocycles. The fraction of sp³-hybridized carbons (Fsp3) is 0.273. The molecule has 0 spiro atoms. The van der Waals surface area contributed by atoms with Gasteiger partial charge in [0.25, 0.3) is 0 Å². The zero-order chi connectivity index (χ0) is 19.0. The van der Waals surface area contributed by atoms with E-state index in [0.717, 1.165) is 56.5 Å². The number of para-hydroxylation sites is 2. The fourth-order valence-electron chi connectivity index (χ4n) is 3.28. The molecule has 3 aromatic rings. The third kappa shape index (κ3) is 4.78. The first-order valence-corrected chi connectivity index (χ1v) is 9.68. The van der Waals surface area contributed by atoms with E-state index in [1.807, 2.05) is 18.2 Å². The van der Waals surface area contributed by atoms with E-state index in [9.17, 15) is 0 Å². The quantitative estimate of drug-likeness (QED) is 0.656. The summed E-state index contributed by atoms with van der Waals surface area (Å²) in [6.45, 7) is 4.11. The van der Waals surface area contributed by atoms with Crippen LogP contribution in [-0.2, 0) is 11.2 Å². The first-order valence-electron chi connectivity index (χ1n) is 9.68. The molecule has 6 nitrogen and oxygen atoms in total. The second kappa shape index (κ2) is 9.19. The number of anilines is 4. The smallest absolute Gasteiger partial charge is 0.229 e. The molecule has 2 aromatic carbocycles. The molecule has 0 bridgehead atoms. The lowest BCUT2D eigenvalue weighted by molar-refractivity contribution is 0.123. The summed E-state index contributed by atoms with van der Waals surface area (Å²) in [5.74, 6) is 1.41. The molecule has 0 aliphatic carbocycles. The molecular weight excluding hydrogens is 350 g/mol. The molecule has 0 atom stereocenters. The van der Waals surface area contributed by atoms with Gasteiger partial charge in [-0.3, -0.25) is 0 Å². The van der Waals surface area contributed by atoms with Crippen molar-refractivity contribution in [2.75, 3.05) is 48.4 Å². The number of benzene rings is 2. The number of nitrogens with one attached hydrogen (secondary N) is 2. The standard InChI is InChI=1S/C22H25N5O/c1-2-6-18(7-3-1)10-12-23-21-11-13-24-22(26-21)25-19-8-4-5-9-20(19)27-14-16-28-17-15-27/h1-9,11,13H,10,12,14-17H2,(H2,23,24,25,26). The highest BCUT2D eigenvalue weighted by Crippen LogP contribution is 2.28. The number of aromatic nitrogens is 2. The van der Waals surface area contributed by atoms with Crippen molar-refractivity contribution < 1.29 is 4.74 Å². The van der Waals surface area contributed by atoms with Crippen LogP contribution in [-0.4, -0.2) is 42.8 Å². The Labute approximate surface area is 165 Å². The zero-order valence-electron chi connectivity index (χ0n) is 15.8. The van der Waals surface area contributed by atoms with Gasteiger partial charge in [-0.05, 0) is 30.2 Å². The van der Waals surface area contributed by atoms with E-state index in [1.165, 1.54) is 5.56 Å². The Morgan fingerprint density at radius 2 is 1.71 bits per heavy atom. The van der Waals surface area contributed by atoms with Crippen molar-refractivity contribution >= 4 is 23.1 Å². The average molecular weight is 375 g/mol. The largest absolute Gasteiger partial charge is 0.378 e. The molecule has 144 valence electrons. The summed E-state index contributed by atoms with van der Waals surface area (Å²) in [5, 5.41) is 6.75. The Balaban J connectivity index is 1.41. The third-order valence-corrected chi connectivity index (χ3v) is 4.72. The lowest BCUT2D eigenvalue weighted by Gasteiger charge is -2.30. The number of hydrogen-bond donors (Lipinski definition) is 2. The van der Waals surface area contributed by atoms with Crippen LogP contribution in [0, 0.1) is 0 Å². The van der Waals surface area contributed by atoms with Crippen LogP contribution >= 0.6 is 0 Å². The topological polar surface area (TPSA) is 62.3 Å². The highest BCUT2D eigenvalue weighted by atomic mass is 16.5. The van der Waals surface area contributed by atoms with E-state index in [1.54, 1.807) is 6.20 Å². The van der Waals surface area contributed by atoms with E-state index in [-0.39, 0.29) is 0 Å². The second-order valence-corrected chi connectivity index (χ2v) is 6.67. The van der Waals surface area contributed by atoms with Gasteiger partial charge in [0.2, 0.25) is 5.95 Å². The van der Waals surface area contributed by atoms with Crippen LogP contribution in [0.1, 0.15) is 5.56 Å². The molecule has 4 rings (SSSR count). The summed E-state index contributed by atoms with van der Waals surface area (Å²) < 4.78 is 5.47. The first kappa shape index (κ1) is 18.3. The van der Waals surface area contributed by atoms with E-state index >= 15 is 0 Å². The lowest BCUT2D eigenvalue weighted by atomic mass is 10.1. The molecule has 28 heavy (non-hydrogen) atoms. The molecule has 2 N–H and O–H groups in total. The average Bonchev–Trinajstić information content (AvgIpc) is 2.76. The summed E-state index contributed by atoms with van der Waals surface area (Å²) in [5.41, 5.74) is 3.46. The van der Waals surface area contributed by atoms with Crippen molar-refractivity contribution in [2.45, 2.75) is 6.42 Å². The maximum absolute atomic E-state index is 5.47. The Hall–Kier alpha value is -3.12. The molecule has 0 amide bonds. The van der Waals surface area contributed by atoms with Gasteiger partial charge in [0.15, 0.2) is 0 Å². The number of ether oxygens (including phenoxy) is 1. The molecule has 0 saturated carbocycles. The van der Waals surface area contributed by atoms with Crippen LogP contribution in [0.4, 0.5) is 23.1 Å². The van der Waals surface area contributed by atoms with Crippen molar-refractivity contribution in [3.05, 3.63) is 72.4 Å². The molecule has 2 heterocycles. The second-order valence-electron chi connectivity index (χ2n) is 6.67.